The number of hydrogen-bond donors (Lipinski definition) is 0. The van der Waals surface area contributed by atoms with E-state index in [4.69, 9.17) is 9.26 Å². The summed E-state index contributed by atoms with van der Waals surface area (Å²) in [5.74, 6) is -0.349. The third-order valence-electron chi connectivity index (χ3n) is 2.81. The van der Waals surface area contributed by atoms with Gasteiger partial charge in [-0.25, -0.2) is 0 Å². The molecule has 1 aromatic carbocycles. The Hall–Kier alpha value is -2.63. The van der Waals surface area contributed by atoms with Gasteiger partial charge in [0.15, 0.2) is 11.5 Å². The van der Waals surface area contributed by atoms with Crippen LogP contribution in [0.3, 0.4) is 0 Å². The molecule has 0 saturated heterocycles. The first-order valence-electron chi connectivity index (χ1n) is 6.55. The molecule has 1 aromatic heterocycles. The van der Waals surface area contributed by atoms with Gasteiger partial charge in [-0.2, -0.15) is 0 Å². The normalized spacial score (nSPS) is 10.2. The van der Waals surface area contributed by atoms with E-state index in [-0.39, 0.29) is 18.8 Å². The smallest absolute Gasteiger partial charge is 0.325 e. The van der Waals surface area contributed by atoms with Crippen LogP contribution in [0.15, 0.2) is 40.9 Å². The van der Waals surface area contributed by atoms with Crippen molar-refractivity contribution in [3.8, 4) is 11.3 Å². The molecule has 1 heterocycles. The van der Waals surface area contributed by atoms with Gasteiger partial charge in [0.05, 0.1) is 6.61 Å². The lowest BCUT2D eigenvalue weighted by Gasteiger charge is -2.13. The Morgan fingerprint density at radius 3 is 2.67 bits per heavy atom. The first-order chi connectivity index (χ1) is 10.1. The summed E-state index contributed by atoms with van der Waals surface area (Å²) in [7, 11) is 1.51. The van der Waals surface area contributed by atoms with Gasteiger partial charge in [-0.15, -0.1) is 0 Å². The third-order valence-corrected chi connectivity index (χ3v) is 2.81. The van der Waals surface area contributed by atoms with Crippen LogP contribution in [0.2, 0.25) is 0 Å². The summed E-state index contributed by atoms with van der Waals surface area (Å²) in [4.78, 5) is 24.7. The van der Waals surface area contributed by atoms with E-state index in [9.17, 15) is 9.59 Å². The number of hydrogen-bond acceptors (Lipinski definition) is 5. The SMILES string of the molecule is CCOC(=O)CN(C)C(=O)c1cc(-c2ccccc2)on1. The zero-order valence-electron chi connectivity index (χ0n) is 11.9. The van der Waals surface area contributed by atoms with Crippen LogP contribution in [0, 0.1) is 0 Å². The minimum absolute atomic E-state index is 0.125. The fourth-order valence-electron chi connectivity index (χ4n) is 1.78. The first-order valence-corrected chi connectivity index (χ1v) is 6.55. The van der Waals surface area contributed by atoms with Gasteiger partial charge in [-0.1, -0.05) is 35.5 Å². The van der Waals surface area contributed by atoms with Crippen molar-refractivity contribution in [2.45, 2.75) is 6.92 Å². The summed E-state index contributed by atoms with van der Waals surface area (Å²) in [6, 6.07) is 10.9. The standard InChI is InChI=1S/C15H16N2O4/c1-3-20-14(18)10-17(2)15(19)12-9-13(21-16-12)11-7-5-4-6-8-11/h4-9H,3,10H2,1-2H3. The number of ether oxygens (including phenoxy) is 1. The molecule has 0 N–H and O–H groups in total. The predicted octanol–water partition coefficient (Wildman–Crippen LogP) is 1.98. The minimum atomic E-state index is -0.458. The van der Waals surface area contributed by atoms with Crippen molar-refractivity contribution in [1.29, 1.82) is 0 Å². The van der Waals surface area contributed by atoms with E-state index in [0.717, 1.165) is 5.56 Å². The molecule has 110 valence electrons. The molecule has 2 aromatic rings. The Labute approximate surface area is 122 Å². The molecule has 6 heteroatoms. The van der Waals surface area contributed by atoms with Gasteiger partial charge in [0.1, 0.15) is 6.54 Å². The molecule has 0 spiro atoms. The van der Waals surface area contributed by atoms with Crippen LogP contribution in [0.25, 0.3) is 11.3 Å². The van der Waals surface area contributed by atoms with E-state index in [1.807, 2.05) is 30.3 Å². The van der Waals surface area contributed by atoms with E-state index >= 15 is 0 Å². The number of carbonyl (C=O) groups excluding carboxylic acids is 2. The summed E-state index contributed by atoms with van der Waals surface area (Å²) in [6.07, 6.45) is 0. The molecule has 0 aliphatic carbocycles. The molecule has 0 fully saturated rings. The van der Waals surface area contributed by atoms with Crippen molar-refractivity contribution in [1.82, 2.24) is 10.1 Å². The fraction of sp³-hybridized carbons (Fsp3) is 0.267. The predicted molar refractivity (Wildman–Crippen MR) is 75.5 cm³/mol. The summed E-state index contributed by atoms with van der Waals surface area (Å²) in [5.41, 5.74) is 0.984. The molecular weight excluding hydrogens is 272 g/mol. The Morgan fingerprint density at radius 1 is 1.29 bits per heavy atom. The van der Waals surface area contributed by atoms with Gasteiger partial charge in [0.2, 0.25) is 0 Å². The van der Waals surface area contributed by atoms with Crippen LogP contribution in [-0.2, 0) is 9.53 Å². The third kappa shape index (κ3) is 3.68. The largest absolute Gasteiger partial charge is 0.465 e. The van der Waals surface area contributed by atoms with Gasteiger partial charge >= 0.3 is 5.97 Å². The van der Waals surface area contributed by atoms with Crippen molar-refractivity contribution in [3.05, 3.63) is 42.1 Å². The molecule has 0 radical (unpaired) electrons. The van der Waals surface area contributed by atoms with E-state index in [0.29, 0.717) is 5.76 Å². The highest BCUT2D eigenvalue weighted by molar-refractivity contribution is 5.94. The van der Waals surface area contributed by atoms with Crippen molar-refractivity contribution >= 4 is 11.9 Å². The lowest BCUT2D eigenvalue weighted by molar-refractivity contribution is -0.143. The second-order valence-corrected chi connectivity index (χ2v) is 4.41. The average Bonchev–Trinajstić information content (AvgIpc) is 2.97. The molecule has 0 bridgehead atoms. The maximum atomic E-state index is 12.1. The van der Waals surface area contributed by atoms with Gasteiger partial charge in [0, 0.05) is 18.7 Å². The quantitative estimate of drug-likeness (QED) is 0.787. The minimum Gasteiger partial charge on any atom is -0.465 e. The molecule has 0 unspecified atom stereocenters. The summed E-state index contributed by atoms with van der Waals surface area (Å²) in [6.45, 7) is 1.87. The van der Waals surface area contributed by atoms with E-state index in [1.54, 1.807) is 13.0 Å². The number of nitrogens with zero attached hydrogens (tertiary/aromatic N) is 2. The Bertz CT molecular complexity index is 622. The lowest BCUT2D eigenvalue weighted by atomic mass is 10.1. The Morgan fingerprint density at radius 2 is 2.00 bits per heavy atom. The average molecular weight is 288 g/mol. The highest BCUT2D eigenvalue weighted by Crippen LogP contribution is 2.20. The monoisotopic (exact) mass is 288 g/mol. The molecule has 6 nitrogen and oxygen atoms in total. The zero-order chi connectivity index (χ0) is 15.2. The number of benzene rings is 1. The van der Waals surface area contributed by atoms with Gasteiger partial charge in [-0.05, 0) is 6.92 Å². The number of likely N-dealkylation sites (N-methyl/N-ethyl adjacent to an activating group) is 1. The zero-order valence-corrected chi connectivity index (χ0v) is 11.9. The second-order valence-electron chi connectivity index (χ2n) is 4.41. The van der Waals surface area contributed by atoms with Gasteiger partial charge in [0.25, 0.3) is 5.91 Å². The molecular formula is C15H16N2O4. The maximum Gasteiger partial charge on any atom is 0.325 e. The van der Waals surface area contributed by atoms with Crippen LogP contribution >= 0.6 is 0 Å². The number of amides is 1. The Balaban J connectivity index is 2.07. The molecule has 0 aliphatic heterocycles. The Kier molecular flexibility index (Phi) is 4.71. The second kappa shape index (κ2) is 6.69. The fourth-order valence-corrected chi connectivity index (χ4v) is 1.78. The van der Waals surface area contributed by atoms with E-state index in [1.165, 1.54) is 11.9 Å². The van der Waals surface area contributed by atoms with Crippen LogP contribution in [0.5, 0.6) is 0 Å². The van der Waals surface area contributed by atoms with Gasteiger partial charge in [-0.3, -0.25) is 9.59 Å². The highest BCUT2D eigenvalue weighted by atomic mass is 16.5. The van der Waals surface area contributed by atoms with Crippen LogP contribution in [0.1, 0.15) is 17.4 Å². The van der Waals surface area contributed by atoms with Crippen LogP contribution in [-0.4, -0.2) is 42.1 Å². The highest BCUT2D eigenvalue weighted by Gasteiger charge is 2.19. The molecule has 1 amide bonds. The number of carbonyl (C=O) groups is 2. The summed E-state index contributed by atoms with van der Waals surface area (Å²) < 4.78 is 9.96. The number of esters is 1. The first kappa shape index (κ1) is 14.8. The van der Waals surface area contributed by atoms with Crippen molar-refractivity contribution in [3.63, 3.8) is 0 Å². The van der Waals surface area contributed by atoms with E-state index in [2.05, 4.69) is 5.16 Å². The summed E-state index contributed by atoms with van der Waals surface area (Å²) in [5, 5.41) is 3.75. The molecule has 21 heavy (non-hydrogen) atoms. The topological polar surface area (TPSA) is 72.6 Å². The van der Waals surface area contributed by atoms with Crippen LogP contribution in [0.4, 0.5) is 0 Å². The maximum absolute atomic E-state index is 12.1. The lowest BCUT2D eigenvalue weighted by Crippen LogP contribution is -2.33. The number of rotatable bonds is 5. The van der Waals surface area contributed by atoms with Gasteiger partial charge < -0.3 is 14.2 Å². The molecule has 0 saturated carbocycles. The molecule has 2 rings (SSSR count). The van der Waals surface area contributed by atoms with Crippen molar-refractivity contribution in [2.75, 3.05) is 20.2 Å². The summed E-state index contributed by atoms with van der Waals surface area (Å²) >= 11 is 0. The van der Waals surface area contributed by atoms with E-state index < -0.39 is 11.9 Å². The number of aromatic nitrogens is 1. The van der Waals surface area contributed by atoms with Crippen LogP contribution < -0.4 is 0 Å². The molecule has 0 atom stereocenters. The van der Waals surface area contributed by atoms with Crippen molar-refractivity contribution < 1.29 is 18.8 Å². The molecule has 0 aliphatic rings. The van der Waals surface area contributed by atoms with Crippen molar-refractivity contribution in [2.24, 2.45) is 0 Å².